The molecule has 0 aliphatic carbocycles. The summed E-state index contributed by atoms with van der Waals surface area (Å²) < 4.78 is 5.00. The molecular formula is C15H16N2O3. The van der Waals surface area contributed by atoms with Gasteiger partial charge in [0.25, 0.3) is 0 Å². The number of carboxylic acids is 1. The van der Waals surface area contributed by atoms with E-state index in [4.69, 9.17) is 9.84 Å². The molecule has 0 saturated heterocycles. The van der Waals surface area contributed by atoms with E-state index in [1.165, 1.54) is 0 Å². The summed E-state index contributed by atoms with van der Waals surface area (Å²) in [5, 5.41) is 12.2. The van der Waals surface area contributed by atoms with Crippen LogP contribution < -0.4 is 10.1 Å². The van der Waals surface area contributed by atoms with Crippen molar-refractivity contribution in [2.24, 2.45) is 0 Å². The first kappa shape index (κ1) is 13.9. The number of rotatable bonds is 5. The lowest BCUT2D eigenvalue weighted by molar-refractivity contribution is 0.0697. The molecule has 1 aromatic carbocycles. The smallest absolute Gasteiger partial charge is 0.335 e. The number of anilines is 1. The van der Waals surface area contributed by atoms with Gasteiger partial charge < -0.3 is 15.2 Å². The van der Waals surface area contributed by atoms with E-state index in [1.807, 2.05) is 13.0 Å². The molecule has 0 atom stereocenters. The summed E-state index contributed by atoms with van der Waals surface area (Å²) >= 11 is 0. The highest BCUT2D eigenvalue weighted by molar-refractivity contribution is 5.89. The maximum Gasteiger partial charge on any atom is 0.335 e. The molecular weight excluding hydrogens is 256 g/mol. The number of ether oxygens (including phenoxy) is 1. The van der Waals surface area contributed by atoms with E-state index < -0.39 is 5.97 Å². The maximum atomic E-state index is 11.0. The second-order valence-corrected chi connectivity index (χ2v) is 4.40. The van der Waals surface area contributed by atoms with Gasteiger partial charge in [-0.05, 0) is 30.2 Å². The molecule has 20 heavy (non-hydrogen) atoms. The molecule has 5 heteroatoms. The number of nitrogens with zero attached hydrogens (tertiary/aromatic N) is 1. The first-order valence-corrected chi connectivity index (χ1v) is 6.17. The van der Waals surface area contributed by atoms with Crippen molar-refractivity contribution >= 4 is 11.7 Å². The minimum Gasteiger partial charge on any atom is -0.481 e. The van der Waals surface area contributed by atoms with E-state index >= 15 is 0 Å². The molecule has 0 fully saturated rings. The SMILES string of the molecule is COc1ccc(CNc2cc(C(=O)O)ccc2C)cn1. The summed E-state index contributed by atoms with van der Waals surface area (Å²) in [6.07, 6.45) is 1.72. The predicted molar refractivity (Wildman–Crippen MR) is 76.3 cm³/mol. The third-order valence-corrected chi connectivity index (χ3v) is 2.97. The molecule has 0 spiro atoms. The van der Waals surface area contributed by atoms with Gasteiger partial charge in [-0.15, -0.1) is 0 Å². The monoisotopic (exact) mass is 272 g/mol. The maximum absolute atomic E-state index is 11.0. The Morgan fingerprint density at radius 3 is 2.75 bits per heavy atom. The van der Waals surface area contributed by atoms with Crippen LogP contribution >= 0.6 is 0 Å². The van der Waals surface area contributed by atoms with Gasteiger partial charge in [0, 0.05) is 24.5 Å². The van der Waals surface area contributed by atoms with Gasteiger partial charge in [-0.25, -0.2) is 9.78 Å². The minimum atomic E-state index is -0.931. The third-order valence-electron chi connectivity index (χ3n) is 2.97. The number of pyridine rings is 1. The average molecular weight is 272 g/mol. The van der Waals surface area contributed by atoms with Crippen molar-refractivity contribution in [2.75, 3.05) is 12.4 Å². The quantitative estimate of drug-likeness (QED) is 0.875. The fraction of sp³-hybridized carbons (Fsp3) is 0.200. The van der Waals surface area contributed by atoms with Crippen LogP contribution in [-0.4, -0.2) is 23.2 Å². The third kappa shape index (κ3) is 3.26. The van der Waals surface area contributed by atoms with E-state index in [0.29, 0.717) is 12.4 Å². The molecule has 0 radical (unpaired) electrons. The van der Waals surface area contributed by atoms with Gasteiger partial charge in [0.05, 0.1) is 12.7 Å². The summed E-state index contributed by atoms with van der Waals surface area (Å²) in [7, 11) is 1.57. The molecule has 1 heterocycles. The molecule has 104 valence electrons. The van der Waals surface area contributed by atoms with Crippen LogP contribution in [0.1, 0.15) is 21.5 Å². The van der Waals surface area contributed by atoms with Crippen LogP contribution in [0.25, 0.3) is 0 Å². The Kier molecular flexibility index (Phi) is 4.20. The van der Waals surface area contributed by atoms with Gasteiger partial charge in [-0.3, -0.25) is 0 Å². The summed E-state index contributed by atoms with van der Waals surface area (Å²) in [5.41, 5.74) is 3.06. The highest BCUT2D eigenvalue weighted by Gasteiger charge is 2.06. The number of carbonyl (C=O) groups is 1. The molecule has 1 aromatic heterocycles. The normalized spacial score (nSPS) is 10.1. The highest BCUT2D eigenvalue weighted by Crippen LogP contribution is 2.18. The lowest BCUT2D eigenvalue weighted by atomic mass is 10.1. The largest absolute Gasteiger partial charge is 0.481 e. The first-order valence-electron chi connectivity index (χ1n) is 6.17. The van der Waals surface area contributed by atoms with Gasteiger partial charge in [0.2, 0.25) is 5.88 Å². The molecule has 2 N–H and O–H groups in total. The topological polar surface area (TPSA) is 71.5 Å². The number of carboxylic acid groups (broad SMARTS) is 1. The molecule has 2 rings (SSSR count). The van der Waals surface area contributed by atoms with E-state index in [0.717, 1.165) is 16.8 Å². The number of hydrogen-bond donors (Lipinski definition) is 2. The molecule has 5 nitrogen and oxygen atoms in total. The standard InChI is InChI=1S/C15H16N2O3/c1-10-3-5-12(15(18)19)7-13(10)16-8-11-4-6-14(20-2)17-9-11/h3-7,9,16H,8H2,1-2H3,(H,18,19). The van der Waals surface area contributed by atoms with Gasteiger partial charge in [0.15, 0.2) is 0 Å². The Balaban J connectivity index is 2.09. The van der Waals surface area contributed by atoms with E-state index in [1.54, 1.807) is 37.6 Å². The van der Waals surface area contributed by atoms with Crippen molar-refractivity contribution in [1.82, 2.24) is 4.98 Å². The van der Waals surface area contributed by atoms with Crippen LogP contribution in [-0.2, 0) is 6.54 Å². The van der Waals surface area contributed by atoms with Gasteiger partial charge >= 0.3 is 5.97 Å². The Bertz CT molecular complexity index is 609. The zero-order valence-corrected chi connectivity index (χ0v) is 11.4. The molecule has 0 aliphatic rings. The van der Waals surface area contributed by atoms with E-state index in [9.17, 15) is 4.79 Å². The van der Waals surface area contributed by atoms with Crippen molar-refractivity contribution in [1.29, 1.82) is 0 Å². The molecule has 0 aliphatic heterocycles. The molecule has 0 saturated carbocycles. The first-order chi connectivity index (χ1) is 9.60. The molecule has 0 unspecified atom stereocenters. The van der Waals surface area contributed by atoms with Crippen LogP contribution in [0.3, 0.4) is 0 Å². The van der Waals surface area contributed by atoms with Crippen molar-refractivity contribution in [3.63, 3.8) is 0 Å². The number of aromatic nitrogens is 1. The fourth-order valence-corrected chi connectivity index (χ4v) is 1.78. The second-order valence-electron chi connectivity index (χ2n) is 4.40. The van der Waals surface area contributed by atoms with Crippen molar-refractivity contribution in [3.8, 4) is 5.88 Å². The second kappa shape index (κ2) is 6.06. The van der Waals surface area contributed by atoms with Crippen molar-refractivity contribution in [3.05, 3.63) is 53.2 Å². The van der Waals surface area contributed by atoms with E-state index in [2.05, 4.69) is 10.3 Å². The predicted octanol–water partition coefficient (Wildman–Crippen LogP) is 2.71. The van der Waals surface area contributed by atoms with Crippen LogP contribution in [0, 0.1) is 6.92 Å². The molecule has 2 aromatic rings. The number of benzene rings is 1. The average Bonchev–Trinajstić information content (AvgIpc) is 2.46. The number of aryl methyl sites for hydroxylation is 1. The minimum absolute atomic E-state index is 0.269. The van der Waals surface area contributed by atoms with Crippen LogP contribution in [0.15, 0.2) is 36.5 Å². The van der Waals surface area contributed by atoms with Crippen molar-refractivity contribution < 1.29 is 14.6 Å². The molecule has 0 amide bonds. The van der Waals surface area contributed by atoms with Gasteiger partial charge in [-0.1, -0.05) is 12.1 Å². The summed E-state index contributed by atoms with van der Waals surface area (Å²) in [5.74, 6) is -0.364. The van der Waals surface area contributed by atoms with Crippen LogP contribution in [0.2, 0.25) is 0 Å². The zero-order valence-electron chi connectivity index (χ0n) is 11.4. The van der Waals surface area contributed by atoms with Gasteiger partial charge in [0.1, 0.15) is 0 Å². The van der Waals surface area contributed by atoms with E-state index in [-0.39, 0.29) is 5.56 Å². The lowest BCUT2D eigenvalue weighted by Crippen LogP contribution is -2.04. The summed E-state index contributed by atoms with van der Waals surface area (Å²) in [6.45, 7) is 2.50. The Labute approximate surface area is 117 Å². The Morgan fingerprint density at radius 1 is 1.35 bits per heavy atom. The summed E-state index contributed by atoms with van der Waals surface area (Å²) in [4.78, 5) is 15.1. The highest BCUT2D eigenvalue weighted by atomic mass is 16.5. The van der Waals surface area contributed by atoms with Crippen molar-refractivity contribution in [2.45, 2.75) is 13.5 Å². The van der Waals surface area contributed by atoms with Gasteiger partial charge in [-0.2, -0.15) is 0 Å². The fourth-order valence-electron chi connectivity index (χ4n) is 1.78. The van der Waals surface area contributed by atoms with Crippen LogP contribution in [0.5, 0.6) is 5.88 Å². The van der Waals surface area contributed by atoms with Crippen LogP contribution in [0.4, 0.5) is 5.69 Å². The Hall–Kier alpha value is -2.56. The Morgan fingerprint density at radius 2 is 2.15 bits per heavy atom. The molecule has 0 bridgehead atoms. The number of methoxy groups -OCH3 is 1. The number of nitrogens with one attached hydrogen (secondary N) is 1. The number of hydrogen-bond acceptors (Lipinski definition) is 4. The zero-order chi connectivity index (χ0) is 14.5. The summed E-state index contributed by atoms with van der Waals surface area (Å²) in [6, 6.07) is 8.72. The lowest BCUT2D eigenvalue weighted by Gasteiger charge is -2.10. The number of aromatic carboxylic acids is 1.